The van der Waals surface area contributed by atoms with Gasteiger partial charge >= 0.3 is 11.9 Å². The summed E-state index contributed by atoms with van der Waals surface area (Å²) in [5.41, 5.74) is 0.108. The normalized spacial score (nSPS) is 10.7. The Hall–Kier alpha value is -3.56. The summed E-state index contributed by atoms with van der Waals surface area (Å²) in [6, 6.07) is 3.00. The number of carboxylic acid groups (broad SMARTS) is 1. The first-order chi connectivity index (χ1) is 11.9. The van der Waals surface area contributed by atoms with Crippen molar-refractivity contribution >= 4 is 34.1 Å². The highest BCUT2D eigenvalue weighted by Gasteiger charge is 2.20. The van der Waals surface area contributed by atoms with Crippen molar-refractivity contribution in [2.45, 2.75) is 0 Å². The summed E-state index contributed by atoms with van der Waals surface area (Å²) < 4.78 is 40.2. The lowest BCUT2D eigenvalue weighted by atomic mass is 10.4. The Morgan fingerprint density at radius 3 is 1.92 bits per heavy atom. The minimum absolute atomic E-state index is 0.0420. The van der Waals surface area contributed by atoms with E-state index in [1.807, 2.05) is 0 Å². The number of carbonyl (C=O) groups excluding carboxylic acids is 1. The molecule has 0 fully saturated rings. The van der Waals surface area contributed by atoms with Gasteiger partial charge in [0.1, 0.15) is 0 Å². The number of halogens is 2. The molecule has 130 valence electrons. The van der Waals surface area contributed by atoms with Gasteiger partial charge in [-0.15, -0.1) is 0 Å². The fourth-order valence-corrected chi connectivity index (χ4v) is 2.15. The quantitative estimate of drug-likeness (QED) is 0.476. The number of carboxylic acids is 1. The van der Waals surface area contributed by atoms with Crippen molar-refractivity contribution in [1.29, 1.82) is 0 Å². The van der Waals surface area contributed by atoms with Gasteiger partial charge in [0, 0.05) is 12.1 Å². The molecule has 10 heteroatoms. The van der Waals surface area contributed by atoms with E-state index >= 15 is 0 Å². The fourth-order valence-electron chi connectivity index (χ4n) is 2.15. The van der Waals surface area contributed by atoms with Crippen LogP contribution in [0.15, 0.2) is 33.5 Å². The van der Waals surface area contributed by atoms with Crippen LogP contribution >= 0.6 is 0 Å². The van der Waals surface area contributed by atoms with Crippen LogP contribution in [0.4, 0.5) is 8.78 Å². The minimum Gasteiger partial charge on any atom is -0.476 e. The highest BCUT2D eigenvalue weighted by Crippen LogP contribution is 2.22. The van der Waals surface area contributed by atoms with Gasteiger partial charge in [-0.05, 0) is 0 Å². The maximum Gasteiger partial charge on any atom is 0.357 e. The van der Waals surface area contributed by atoms with Crippen molar-refractivity contribution in [3.8, 4) is 0 Å². The molecular weight excluding hydrogens is 342 g/mol. The van der Waals surface area contributed by atoms with E-state index in [0.717, 1.165) is 0 Å². The van der Waals surface area contributed by atoms with Crippen LogP contribution in [-0.4, -0.2) is 34.1 Å². The topological polar surface area (TPSA) is 121 Å². The van der Waals surface area contributed by atoms with Gasteiger partial charge in [0.25, 0.3) is 0 Å². The molecular formula is C15H10F2N2O6. The summed E-state index contributed by atoms with van der Waals surface area (Å²) in [7, 11) is 1.18. The lowest BCUT2D eigenvalue weighted by Crippen LogP contribution is -2.03. The minimum atomic E-state index is -1.33. The second kappa shape index (κ2) is 6.15. The predicted octanol–water partition coefficient (Wildman–Crippen LogP) is 3.28. The second-order valence-electron chi connectivity index (χ2n) is 4.75. The third kappa shape index (κ3) is 2.73. The number of esters is 1. The summed E-state index contributed by atoms with van der Waals surface area (Å²) >= 11 is 0. The number of H-pyrrole nitrogens is 2. The highest BCUT2D eigenvalue weighted by molar-refractivity contribution is 5.93. The molecule has 0 aliphatic rings. The third-order valence-electron chi connectivity index (χ3n) is 3.29. The van der Waals surface area contributed by atoms with E-state index in [2.05, 4.69) is 14.7 Å². The van der Waals surface area contributed by atoms with E-state index in [-0.39, 0.29) is 16.9 Å². The number of furan rings is 2. The number of nitrogens with one attached hydrogen (secondary N) is 2. The Labute approximate surface area is 137 Å². The molecule has 0 bridgehead atoms. The van der Waals surface area contributed by atoms with Crippen molar-refractivity contribution in [2.24, 2.45) is 0 Å². The Kier molecular flexibility index (Phi) is 4.01. The molecule has 0 saturated carbocycles. The number of ether oxygens (including phenoxy) is 1. The Balaban J connectivity index is 0.000000146. The van der Waals surface area contributed by atoms with E-state index in [4.69, 9.17) is 13.9 Å². The Morgan fingerprint density at radius 2 is 1.48 bits per heavy atom. The summed E-state index contributed by atoms with van der Waals surface area (Å²) in [4.78, 5) is 26.3. The van der Waals surface area contributed by atoms with E-state index in [0.29, 0.717) is 11.0 Å². The zero-order valence-corrected chi connectivity index (χ0v) is 12.6. The maximum absolute atomic E-state index is 13.3. The molecule has 0 unspecified atom stereocenters. The molecule has 4 aromatic heterocycles. The van der Waals surface area contributed by atoms with Crippen LogP contribution in [0.2, 0.25) is 0 Å². The monoisotopic (exact) mass is 352 g/mol. The van der Waals surface area contributed by atoms with Crippen LogP contribution in [0.5, 0.6) is 0 Å². The molecule has 4 aromatic rings. The summed E-state index contributed by atoms with van der Waals surface area (Å²) in [5, 5.41) is 8.47. The van der Waals surface area contributed by atoms with Crippen LogP contribution in [0, 0.1) is 11.6 Å². The van der Waals surface area contributed by atoms with Gasteiger partial charge in [0.05, 0.1) is 30.7 Å². The van der Waals surface area contributed by atoms with Crippen LogP contribution in [-0.2, 0) is 4.74 Å². The number of aromatic amines is 2. The number of fused-ring (bicyclic) bond motifs is 2. The molecule has 0 aliphatic heterocycles. The average molecular weight is 352 g/mol. The van der Waals surface area contributed by atoms with Crippen LogP contribution < -0.4 is 0 Å². The van der Waals surface area contributed by atoms with Crippen LogP contribution in [0.25, 0.3) is 22.2 Å². The van der Waals surface area contributed by atoms with Gasteiger partial charge in [0.2, 0.25) is 0 Å². The largest absolute Gasteiger partial charge is 0.476 e. The zero-order valence-electron chi connectivity index (χ0n) is 12.6. The standard InChI is InChI=1S/C8H6FNO3.C7H4FNO3/c1-12-8(11)6-5(9)7-4(10-6)2-3-13-7;8-4-5(7(10)11)9-3-1-2-12-6(3)4/h2-3,10H,1H3;1-2,9H,(H,10,11). The van der Waals surface area contributed by atoms with Gasteiger partial charge in [-0.1, -0.05) is 0 Å². The number of rotatable bonds is 2. The molecule has 0 aromatic carbocycles. The summed E-state index contributed by atoms with van der Waals surface area (Å²) in [5.74, 6) is -3.66. The average Bonchev–Trinajstić information content (AvgIpc) is 3.32. The number of methoxy groups -OCH3 is 1. The zero-order chi connectivity index (χ0) is 18.1. The molecule has 0 aliphatic carbocycles. The lowest BCUT2D eigenvalue weighted by Gasteiger charge is -1.93. The Morgan fingerprint density at radius 1 is 1.00 bits per heavy atom. The SMILES string of the molecule is COC(=O)c1[nH]c2ccoc2c1F.O=C(O)c1[nH]c2ccoc2c1F. The van der Waals surface area contributed by atoms with Crippen LogP contribution in [0.3, 0.4) is 0 Å². The van der Waals surface area contributed by atoms with Gasteiger partial charge in [0.15, 0.2) is 34.2 Å². The number of carbonyl (C=O) groups is 2. The number of aromatic nitrogens is 2. The summed E-state index contributed by atoms with van der Waals surface area (Å²) in [6.45, 7) is 0. The van der Waals surface area contributed by atoms with Crippen LogP contribution in [0.1, 0.15) is 21.0 Å². The van der Waals surface area contributed by atoms with Gasteiger partial charge in [-0.2, -0.15) is 0 Å². The number of hydrogen-bond acceptors (Lipinski definition) is 5. The third-order valence-corrected chi connectivity index (χ3v) is 3.29. The van der Waals surface area contributed by atoms with Gasteiger partial charge in [-0.25, -0.2) is 18.4 Å². The number of hydrogen-bond donors (Lipinski definition) is 3. The predicted molar refractivity (Wildman–Crippen MR) is 79.3 cm³/mol. The second-order valence-corrected chi connectivity index (χ2v) is 4.75. The molecule has 8 nitrogen and oxygen atoms in total. The van der Waals surface area contributed by atoms with E-state index in [1.54, 1.807) is 0 Å². The lowest BCUT2D eigenvalue weighted by molar-refractivity contribution is 0.0588. The van der Waals surface area contributed by atoms with Crippen molar-refractivity contribution < 1.29 is 37.0 Å². The molecule has 4 heterocycles. The molecule has 3 N–H and O–H groups in total. The van der Waals surface area contributed by atoms with Gasteiger partial charge < -0.3 is 28.6 Å². The molecule has 4 rings (SSSR count). The Bertz CT molecular complexity index is 1070. The number of aromatic carboxylic acids is 1. The maximum atomic E-state index is 13.3. The molecule has 0 spiro atoms. The summed E-state index contributed by atoms with van der Waals surface area (Å²) in [6.07, 6.45) is 2.63. The first-order valence-corrected chi connectivity index (χ1v) is 6.75. The van der Waals surface area contributed by atoms with E-state index in [9.17, 15) is 18.4 Å². The molecule has 0 amide bonds. The van der Waals surface area contributed by atoms with Crippen molar-refractivity contribution in [2.75, 3.05) is 7.11 Å². The van der Waals surface area contributed by atoms with Crippen molar-refractivity contribution in [3.63, 3.8) is 0 Å². The van der Waals surface area contributed by atoms with Gasteiger partial charge in [-0.3, -0.25) is 0 Å². The first-order valence-electron chi connectivity index (χ1n) is 6.75. The first kappa shape index (κ1) is 16.3. The molecule has 0 saturated heterocycles. The molecule has 0 atom stereocenters. The fraction of sp³-hybridized carbons (Fsp3) is 0.0667. The smallest absolute Gasteiger partial charge is 0.357 e. The van der Waals surface area contributed by atoms with Crippen molar-refractivity contribution in [3.05, 3.63) is 47.7 Å². The van der Waals surface area contributed by atoms with E-state index in [1.165, 1.54) is 31.8 Å². The molecule has 25 heavy (non-hydrogen) atoms. The molecule has 0 radical (unpaired) electrons. The van der Waals surface area contributed by atoms with Crippen molar-refractivity contribution in [1.82, 2.24) is 9.97 Å². The van der Waals surface area contributed by atoms with E-state index < -0.39 is 29.3 Å². The highest BCUT2D eigenvalue weighted by atomic mass is 19.1.